The molecule has 1 atom stereocenters. The van der Waals surface area contributed by atoms with Crippen LogP contribution < -0.4 is 0 Å². The van der Waals surface area contributed by atoms with Gasteiger partial charge in [-0.15, -0.1) is 0 Å². The minimum absolute atomic E-state index is 0.0809. The summed E-state index contributed by atoms with van der Waals surface area (Å²) in [7, 11) is -2.15. The second-order valence-corrected chi connectivity index (χ2v) is 7.30. The third-order valence-corrected chi connectivity index (χ3v) is 5.31. The van der Waals surface area contributed by atoms with E-state index in [1.807, 2.05) is 38.1 Å². The zero-order valence-electron chi connectivity index (χ0n) is 9.99. The topological polar surface area (TPSA) is 17.1 Å². The van der Waals surface area contributed by atoms with Gasteiger partial charge in [0, 0.05) is 10.1 Å². The molecule has 0 aliphatic rings. The first-order valence-corrected chi connectivity index (χ1v) is 7.11. The van der Waals surface area contributed by atoms with E-state index in [9.17, 15) is 4.21 Å². The van der Waals surface area contributed by atoms with Crippen molar-refractivity contribution in [2.24, 2.45) is 0 Å². The zero-order valence-corrected chi connectivity index (χ0v) is 10.8. The third-order valence-electron chi connectivity index (χ3n) is 2.67. The molecule has 0 aliphatic carbocycles. The fraction of sp³-hybridized carbons (Fsp3) is 0.462. The van der Waals surface area contributed by atoms with Gasteiger partial charge in [-0.05, 0) is 32.9 Å². The monoisotopic (exact) mass is 224 g/mol. The smallest absolute Gasteiger partial charge is 0.0342 e. The van der Waals surface area contributed by atoms with Crippen molar-refractivity contribution in [1.82, 2.24) is 0 Å². The van der Waals surface area contributed by atoms with E-state index >= 15 is 0 Å². The van der Waals surface area contributed by atoms with Crippen LogP contribution in [-0.2, 0) is 9.52 Å². The lowest BCUT2D eigenvalue weighted by Gasteiger charge is -2.19. The first-order valence-electron chi connectivity index (χ1n) is 5.32. The third kappa shape index (κ3) is 2.43. The predicted molar refractivity (Wildman–Crippen MR) is 69.2 cm³/mol. The van der Waals surface area contributed by atoms with Gasteiger partial charge in [0.15, 0.2) is 0 Å². The van der Waals surface area contributed by atoms with Crippen LogP contribution in [0.1, 0.15) is 39.2 Å². The van der Waals surface area contributed by atoms with Gasteiger partial charge in [-0.25, -0.2) is 0 Å². The highest BCUT2D eigenvalue weighted by Crippen LogP contribution is 2.26. The Morgan fingerprint density at radius 1 is 1.13 bits per heavy atom. The van der Waals surface area contributed by atoms with Crippen molar-refractivity contribution in [3.05, 3.63) is 29.8 Å². The number of benzene rings is 1. The Morgan fingerprint density at radius 3 is 2.13 bits per heavy atom. The van der Waals surface area contributed by atoms with Gasteiger partial charge in [-0.2, -0.15) is 0 Å². The van der Waals surface area contributed by atoms with Gasteiger partial charge in [0.25, 0.3) is 0 Å². The summed E-state index contributed by atoms with van der Waals surface area (Å²) in [6, 6.07) is 7.93. The number of rotatable bonds is 3. The summed E-state index contributed by atoms with van der Waals surface area (Å²) in [4.78, 5) is 0.926. The summed E-state index contributed by atoms with van der Waals surface area (Å²) in [5.74, 6) is 4.30. The molecule has 0 aromatic heterocycles. The molecule has 0 aliphatic heterocycles. The molecule has 1 unspecified atom stereocenters. The summed E-state index contributed by atoms with van der Waals surface area (Å²) < 4.78 is 12.5. The van der Waals surface area contributed by atoms with E-state index in [1.165, 1.54) is 0 Å². The molecule has 1 rings (SSSR count). The lowest BCUT2D eigenvalue weighted by atomic mass is 10.0. The highest BCUT2D eigenvalue weighted by molar-refractivity contribution is 8.00. The van der Waals surface area contributed by atoms with Crippen LogP contribution in [-0.4, -0.2) is 15.3 Å². The Hall–Kier alpha value is -0.760. The average Bonchev–Trinajstić information content (AvgIpc) is 2.17. The van der Waals surface area contributed by atoms with Crippen LogP contribution in [0.3, 0.4) is 0 Å². The van der Waals surface area contributed by atoms with Crippen molar-refractivity contribution < 1.29 is 4.21 Å². The molecule has 0 amide bonds. The van der Waals surface area contributed by atoms with Crippen LogP contribution in [0.15, 0.2) is 29.2 Å². The molecule has 2 heteroatoms. The van der Waals surface area contributed by atoms with Gasteiger partial charge in [0.2, 0.25) is 0 Å². The highest BCUT2D eigenvalue weighted by Gasteiger charge is 2.17. The minimum atomic E-state index is -2.15. The summed E-state index contributed by atoms with van der Waals surface area (Å²) in [5.41, 5.74) is 1.16. The van der Waals surface area contributed by atoms with Crippen molar-refractivity contribution in [2.75, 3.05) is 0 Å². The van der Waals surface area contributed by atoms with Crippen molar-refractivity contribution in [2.45, 2.75) is 43.8 Å². The fourth-order valence-corrected chi connectivity index (χ4v) is 3.05. The quantitative estimate of drug-likeness (QED) is 0.720. The van der Waals surface area contributed by atoms with Gasteiger partial charge >= 0.3 is 0 Å². The Balaban J connectivity index is 3.38. The Morgan fingerprint density at radius 2 is 1.67 bits per heavy atom. The van der Waals surface area contributed by atoms with Gasteiger partial charge in [-0.3, -0.25) is 4.21 Å². The Bertz CT molecular complexity index is 428. The van der Waals surface area contributed by atoms with E-state index in [-0.39, 0.29) is 5.25 Å². The summed E-state index contributed by atoms with van der Waals surface area (Å²) in [6.07, 6.45) is 0. The minimum Gasteiger partial charge on any atom is -0.263 e. The summed E-state index contributed by atoms with van der Waals surface area (Å²) in [6.45, 7) is 8.17. The van der Waals surface area contributed by atoms with Crippen LogP contribution in [0.2, 0.25) is 0 Å². The molecule has 0 fully saturated rings. The second-order valence-electron chi connectivity index (χ2n) is 4.47. The SMILES string of the molecule is C=S(=O)(c1ccccc1C(C)C)C(C)C. The van der Waals surface area contributed by atoms with Crippen LogP contribution in [0.5, 0.6) is 0 Å². The van der Waals surface area contributed by atoms with Gasteiger partial charge < -0.3 is 0 Å². The predicted octanol–water partition coefficient (Wildman–Crippen LogP) is 3.29. The van der Waals surface area contributed by atoms with Crippen LogP contribution in [0.25, 0.3) is 0 Å². The standard InChI is InChI=1S/C13H20OS/c1-10(2)12-8-6-7-9-13(12)15(5,14)11(3)4/h6-11H,5H2,1-4H3. The van der Waals surface area contributed by atoms with Crippen molar-refractivity contribution in [3.8, 4) is 0 Å². The molecule has 0 saturated carbocycles. The van der Waals surface area contributed by atoms with Gasteiger partial charge in [0.1, 0.15) is 0 Å². The first-order chi connectivity index (χ1) is 6.87. The van der Waals surface area contributed by atoms with Crippen LogP contribution in [0, 0.1) is 0 Å². The van der Waals surface area contributed by atoms with E-state index in [1.54, 1.807) is 0 Å². The van der Waals surface area contributed by atoms with Gasteiger partial charge in [0.05, 0.1) is 0 Å². The molecule has 0 spiro atoms. The first kappa shape index (κ1) is 12.3. The maximum atomic E-state index is 12.5. The van der Waals surface area contributed by atoms with E-state index in [4.69, 9.17) is 0 Å². The fourth-order valence-electron chi connectivity index (χ4n) is 1.53. The van der Waals surface area contributed by atoms with Crippen molar-refractivity contribution >= 4 is 15.4 Å². The molecule has 0 radical (unpaired) electrons. The summed E-state index contributed by atoms with van der Waals surface area (Å²) in [5, 5.41) is 0.0809. The van der Waals surface area contributed by atoms with Crippen molar-refractivity contribution in [1.29, 1.82) is 0 Å². The molecule has 0 saturated heterocycles. The van der Waals surface area contributed by atoms with Crippen LogP contribution >= 0.6 is 0 Å². The highest BCUT2D eigenvalue weighted by atomic mass is 32.2. The molecule has 0 heterocycles. The zero-order chi connectivity index (χ0) is 11.6. The molecule has 1 aromatic carbocycles. The second kappa shape index (κ2) is 4.40. The van der Waals surface area contributed by atoms with Crippen LogP contribution in [0.4, 0.5) is 0 Å². The average molecular weight is 224 g/mol. The van der Waals surface area contributed by atoms with E-state index in [0.717, 1.165) is 10.5 Å². The Labute approximate surface area is 93.5 Å². The molecule has 15 heavy (non-hydrogen) atoms. The maximum absolute atomic E-state index is 12.5. The lowest BCUT2D eigenvalue weighted by Crippen LogP contribution is -2.16. The Kier molecular flexibility index (Phi) is 3.61. The maximum Gasteiger partial charge on any atom is 0.0342 e. The number of hydrogen-bond donors (Lipinski definition) is 0. The molecular formula is C13H20OS. The molecule has 1 aromatic rings. The molecule has 0 N–H and O–H groups in total. The van der Waals surface area contributed by atoms with Crippen molar-refractivity contribution in [3.63, 3.8) is 0 Å². The van der Waals surface area contributed by atoms with E-state index < -0.39 is 9.52 Å². The van der Waals surface area contributed by atoms with Gasteiger partial charge in [-0.1, -0.05) is 45.9 Å². The van der Waals surface area contributed by atoms with E-state index in [0.29, 0.717) is 5.92 Å². The largest absolute Gasteiger partial charge is 0.263 e. The molecule has 0 bridgehead atoms. The molecular weight excluding hydrogens is 204 g/mol. The van der Waals surface area contributed by atoms with E-state index in [2.05, 4.69) is 19.7 Å². The normalized spacial score (nSPS) is 15.6. The lowest BCUT2D eigenvalue weighted by molar-refractivity contribution is 0.672. The summed E-state index contributed by atoms with van der Waals surface area (Å²) >= 11 is 0. The number of hydrogen-bond acceptors (Lipinski definition) is 1. The molecule has 1 nitrogen and oxygen atoms in total. The molecule has 84 valence electrons.